The number of amides is 2. The Kier molecular flexibility index (Phi) is 7.26. The number of piperidine rings is 1. The fourth-order valence-corrected chi connectivity index (χ4v) is 4.32. The van der Waals surface area contributed by atoms with Crippen LogP contribution in [0.15, 0.2) is 41.8 Å². The summed E-state index contributed by atoms with van der Waals surface area (Å²) in [4.78, 5) is 33.8. The molecule has 0 unspecified atom stereocenters. The van der Waals surface area contributed by atoms with Crippen molar-refractivity contribution in [3.05, 3.63) is 53.1 Å². The largest absolute Gasteiger partial charge is 0.339 e. The first kappa shape index (κ1) is 22.0. The molecular formula is C23H30N4O2S. The molecule has 0 aliphatic carbocycles. The number of carbonyl (C=O) groups excluding carboxylic acids is 2. The first-order valence-corrected chi connectivity index (χ1v) is 11.3. The van der Waals surface area contributed by atoms with Gasteiger partial charge in [0.05, 0.1) is 0 Å². The zero-order valence-corrected chi connectivity index (χ0v) is 18.8. The summed E-state index contributed by atoms with van der Waals surface area (Å²) in [5.74, 6) is 0.0804. The lowest BCUT2D eigenvalue weighted by molar-refractivity contribution is -0.136. The van der Waals surface area contributed by atoms with Gasteiger partial charge in [0.1, 0.15) is 5.69 Å². The van der Waals surface area contributed by atoms with Crippen molar-refractivity contribution in [2.45, 2.75) is 33.6 Å². The number of nitrogens with zero attached hydrogens (tertiary/aromatic N) is 3. The summed E-state index contributed by atoms with van der Waals surface area (Å²) >= 11 is 1.42. The zero-order chi connectivity index (χ0) is 21.7. The highest BCUT2D eigenvalue weighted by atomic mass is 32.1. The molecular weight excluding hydrogens is 396 g/mol. The van der Waals surface area contributed by atoms with Gasteiger partial charge >= 0.3 is 0 Å². The third-order valence-electron chi connectivity index (χ3n) is 5.31. The van der Waals surface area contributed by atoms with E-state index in [4.69, 9.17) is 0 Å². The summed E-state index contributed by atoms with van der Waals surface area (Å²) < 4.78 is 0. The molecule has 0 saturated carbocycles. The zero-order valence-electron chi connectivity index (χ0n) is 18.0. The van der Waals surface area contributed by atoms with Gasteiger partial charge in [0, 0.05) is 43.2 Å². The Hall–Kier alpha value is -2.67. The van der Waals surface area contributed by atoms with Crippen LogP contribution < -0.4 is 5.32 Å². The molecule has 2 aromatic rings. The quantitative estimate of drug-likeness (QED) is 0.664. The van der Waals surface area contributed by atoms with Gasteiger partial charge in [-0.25, -0.2) is 4.98 Å². The van der Waals surface area contributed by atoms with Gasteiger partial charge in [-0.05, 0) is 45.7 Å². The molecule has 0 radical (unpaired) electrons. The molecule has 1 aliphatic heterocycles. The van der Waals surface area contributed by atoms with Gasteiger partial charge in [0.25, 0.3) is 5.91 Å². The molecule has 1 aromatic carbocycles. The molecule has 160 valence electrons. The Morgan fingerprint density at radius 1 is 1.27 bits per heavy atom. The van der Waals surface area contributed by atoms with Crippen LogP contribution >= 0.6 is 11.3 Å². The Morgan fingerprint density at radius 3 is 2.53 bits per heavy atom. The van der Waals surface area contributed by atoms with Crippen molar-refractivity contribution >= 4 is 34.0 Å². The maximum absolute atomic E-state index is 12.9. The van der Waals surface area contributed by atoms with Gasteiger partial charge in [-0.3, -0.25) is 9.59 Å². The summed E-state index contributed by atoms with van der Waals surface area (Å²) in [6.45, 7) is 12.3. The van der Waals surface area contributed by atoms with Gasteiger partial charge in [-0.2, -0.15) is 0 Å². The third-order valence-corrected chi connectivity index (χ3v) is 6.07. The van der Waals surface area contributed by atoms with Crippen LogP contribution in [0.1, 0.15) is 42.7 Å². The molecule has 30 heavy (non-hydrogen) atoms. The molecule has 7 heteroatoms. The van der Waals surface area contributed by atoms with Crippen molar-refractivity contribution in [2.75, 3.05) is 31.5 Å². The molecule has 6 nitrogen and oxygen atoms in total. The highest BCUT2D eigenvalue weighted by Gasteiger charge is 2.30. The van der Waals surface area contributed by atoms with Gasteiger partial charge in [0.15, 0.2) is 5.13 Å². The molecule has 1 fully saturated rings. The minimum absolute atomic E-state index is 0.0254. The maximum Gasteiger partial charge on any atom is 0.273 e. The molecule has 1 saturated heterocycles. The van der Waals surface area contributed by atoms with Gasteiger partial charge in [-0.15, -0.1) is 11.3 Å². The standard InChI is InChI=1S/C23H30N4O2S/c1-5-26(14-16(2)3)21(28)18-10-12-27(13-11-18)22(29)20-15-30-23(25-20)24-19-8-6-17(4)7-9-19/h6-9,15,18H,2,5,10-14H2,1,3-4H3,(H,24,25). The number of hydrogen-bond donors (Lipinski definition) is 1. The maximum atomic E-state index is 12.9. The van der Waals surface area contributed by atoms with Crippen LogP contribution in [0.5, 0.6) is 0 Å². The number of anilines is 2. The van der Waals surface area contributed by atoms with Crippen molar-refractivity contribution in [1.29, 1.82) is 0 Å². The van der Waals surface area contributed by atoms with E-state index >= 15 is 0 Å². The normalized spacial score (nSPS) is 14.4. The number of hydrogen-bond acceptors (Lipinski definition) is 5. The van der Waals surface area contributed by atoms with Crippen molar-refractivity contribution in [3.8, 4) is 0 Å². The fourth-order valence-electron chi connectivity index (χ4n) is 3.61. The summed E-state index contributed by atoms with van der Waals surface area (Å²) in [7, 11) is 0. The second kappa shape index (κ2) is 9.89. The topological polar surface area (TPSA) is 65.5 Å². The highest BCUT2D eigenvalue weighted by Crippen LogP contribution is 2.25. The Morgan fingerprint density at radius 2 is 1.93 bits per heavy atom. The van der Waals surface area contributed by atoms with Gasteiger partial charge in [0.2, 0.25) is 5.91 Å². The van der Waals surface area contributed by atoms with Crippen molar-refractivity contribution in [2.24, 2.45) is 5.92 Å². The van der Waals surface area contributed by atoms with Crippen LogP contribution in [0.2, 0.25) is 0 Å². The lowest BCUT2D eigenvalue weighted by atomic mass is 9.95. The summed E-state index contributed by atoms with van der Waals surface area (Å²) in [5, 5.41) is 5.74. The average molecular weight is 427 g/mol. The number of rotatable bonds is 7. The van der Waals surface area contributed by atoms with E-state index in [1.807, 2.05) is 54.8 Å². The fraction of sp³-hybridized carbons (Fsp3) is 0.435. The molecule has 1 aliphatic rings. The predicted molar refractivity (Wildman–Crippen MR) is 122 cm³/mol. The van der Waals surface area contributed by atoms with Crippen LogP contribution in [-0.4, -0.2) is 52.8 Å². The number of thiazole rings is 1. The van der Waals surface area contributed by atoms with Gasteiger partial charge < -0.3 is 15.1 Å². The lowest BCUT2D eigenvalue weighted by Gasteiger charge is -2.33. The van der Waals surface area contributed by atoms with E-state index in [0.29, 0.717) is 49.8 Å². The van der Waals surface area contributed by atoms with E-state index in [1.54, 1.807) is 5.38 Å². The van der Waals surface area contributed by atoms with Crippen LogP contribution in [0, 0.1) is 12.8 Å². The van der Waals surface area contributed by atoms with E-state index in [9.17, 15) is 9.59 Å². The molecule has 3 rings (SSSR count). The monoisotopic (exact) mass is 426 g/mol. The predicted octanol–water partition coefficient (Wildman–Crippen LogP) is 4.47. The van der Waals surface area contributed by atoms with E-state index in [1.165, 1.54) is 16.9 Å². The number of carbonyl (C=O) groups is 2. The molecule has 0 atom stereocenters. The smallest absolute Gasteiger partial charge is 0.273 e. The Bertz CT molecular complexity index is 898. The number of likely N-dealkylation sites (tertiary alicyclic amines) is 1. The number of likely N-dealkylation sites (N-methyl/N-ethyl adjacent to an activating group) is 1. The molecule has 1 aromatic heterocycles. The van der Waals surface area contributed by atoms with Gasteiger partial charge in [-0.1, -0.05) is 29.8 Å². The molecule has 0 spiro atoms. The van der Waals surface area contributed by atoms with E-state index in [-0.39, 0.29) is 17.7 Å². The van der Waals surface area contributed by atoms with E-state index in [2.05, 4.69) is 16.9 Å². The van der Waals surface area contributed by atoms with E-state index < -0.39 is 0 Å². The molecule has 1 N–H and O–H groups in total. The number of nitrogens with one attached hydrogen (secondary N) is 1. The van der Waals surface area contributed by atoms with Crippen LogP contribution in [0.25, 0.3) is 0 Å². The molecule has 0 bridgehead atoms. The van der Waals surface area contributed by atoms with Crippen LogP contribution in [0.4, 0.5) is 10.8 Å². The number of benzene rings is 1. The summed E-state index contributed by atoms with van der Waals surface area (Å²) in [6.07, 6.45) is 1.38. The summed E-state index contributed by atoms with van der Waals surface area (Å²) in [6, 6.07) is 8.05. The first-order valence-electron chi connectivity index (χ1n) is 10.4. The average Bonchev–Trinajstić information content (AvgIpc) is 3.21. The number of aryl methyl sites for hydroxylation is 1. The van der Waals surface area contributed by atoms with Crippen molar-refractivity contribution in [3.63, 3.8) is 0 Å². The third kappa shape index (κ3) is 5.48. The lowest BCUT2D eigenvalue weighted by Crippen LogP contribution is -2.44. The van der Waals surface area contributed by atoms with Crippen molar-refractivity contribution in [1.82, 2.24) is 14.8 Å². The highest BCUT2D eigenvalue weighted by molar-refractivity contribution is 7.14. The van der Waals surface area contributed by atoms with Crippen LogP contribution in [-0.2, 0) is 4.79 Å². The molecule has 2 heterocycles. The second-order valence-corrected chi connectivity index (χ2v) is 8.76. The van der Waals surface area contributed by atoms with E-state index in [0.717, 1.165) is 11.3 Å². The SMILES string of the molecule is C=C(C)CN(CC)C(=O)C1CCN(C(=O)c2csc(Nc3ccc(C)cc3)n2)CC1. The first-order chi connectivity index (χ1) is 14.4. The number of aromatic nitrogens is 1. The Labute approximate surface area is 182 Å². The minimum Gasteiger partial charge on any atom is -0.339 e. The molecule has 2 amide bonds. The van der Waals surface area contributed by atoms with Crippen molar-refractivity contribution < 1.29 is 9.59 Å². The Balaban J connectivity index is 1.55. The second-order valence-electron chi connectivity index (χ2n) is 7.90. The van der Waals surface area contributed by atoms with Crippen LogP contribution in [0.3, 0.4) is 0 Å². The minimum atomic E-state index is -0.0663. The summed E-state index contributed by atoms with van der Waals surface area (Å²) in [5.41, 5.74) is 3.58.